The van der Waals surface area contributed by atoms with E-state index in [1.165, 1.54) is 36.0 Å². The Bertz CT molecular complexity index is 716. The maximum Gasteiger partial charge on any atom is 0.269 e. The van der Waals surface area contributed by atoms with E-state index in [9.17, 15) is 14.0 Å². The van der Waals surface area contributed by atoms with E-state index < -0.39 is 17.6 Å². The van der Waals surface area contributed by atoms with E-state index in [2.05, 4.69) is 26.4 Å². The average Bonchev–Trinajstić information content (AvgIpc) is 3.29. The van der Waals surface area contributed by atoms with E-state index >= 15 is 0 Å². The van der Waals surface area contributed by atoms with E-state index in [4.69, 9.17) is 0 Å². The van der Waals surface area contributed by atoms with Crippen molar-refractivity contribution in [3.63, 3.8) is 0 Å². The highest BCUT2D eigenvalue weighted by atomic mass is 32.2. The smallest absolute Gasteiger partial charge is 0.269 e. The molecular weight excluding hydrogens is 323 g/mol. The lowest BCUT2D eigenvalue weighted by molar-refractivity contribution is -0.119. The van der Waals surface area contributed by atoms with Gasteiger partial charge in [0.2, 0.25) is 11.1 Å². The number of aromatic nitrogens is 4. The van der Waals surface area contributed by atoms with Gasteiger partial charge in [-0.15, -0.1) is 5.10 Å². The molecular formula is C13H13FN6O2S. The Morgan fingerprint density at radius 3 is 2.70 bits per heavy atom. The maximum absolute atomic E-state index is 12.8. The van der Waals surface area contributed by atoms with Gasteiger partial charge in [-0.25, -0.2) is 9.07 Å². The summed E-state index contributed by atoms with van der Waals surface area (Å²) >= 11 is 1.19. The fourth-order valence-corrected chi connectivity index (χ4v) is 2.54. The molecule has 1 aliphatic rings. The van der Waals surface area contributed by atoms with Crippen LogP contribution in [0.25, 0.3) is 0 Å². The van der Waals surface area contributed by atoms with Gasteiger partial charge < -0.3 is 0 Å². The SMILES string of the molecule is O=C(CSc1nnnn1C1CC1)NNC(=O)c1ccc(F)cc1. The molecule has 1 fully saturated rings. The molecule has 8 nitrogen and oxygen atoms in total. The minimum absolute atomic E-state index is 0.0663. The summed E-state index contributed by atoms with van der Waals surface area (Å²) in [5, 5.41) is 11.9. The van der Waals surface area contributed by atoms with Gasteiger partial charge in [0.1, 0.15) is 5.82 Å². The van der Waals surface area contributed by atoms with Crippen molar-refractivity contribution in [3.8, 4) is 0 Å². The Hall–Kier alpha value is -2.49. The molecule has 1 heterocycles. The summed E-state index contributed by atoms with van der Waals surface area (Å²) in [5.74, 6) is -1.28. The van der Waals surface area contributed by atoms with E-state index in [1.807, 2.05) is 0 Å². The molecule has 120 valence electrons. The van der Waals surface area contributed by atoms with Crippen molar-refractivity contribution in [2.24, 2.45) is 0 Å². The predicted molar refractivity (Wildman–Crippen MR) is 78.8 cm³/mol. The first-order chi connectivity index (χ1) is 11.1. The number of hydrazine groups is 1. The van der Waals surface area contributed by atoms with Gasteiger partial charge in [0, 0.05) is 5.56 Å². The number of hydrogen-bond donors (Lipinski definition) is 2. The molecule has 1 aromatic carbocycles. The van der Waals surface area contributed by atoms with Crippen LogP contribution in [0.2, 0.25) is 0 Å². The van der Waals surface area contributed by atoms with Gasteiger partial charge in [-0.1, -0.05) is 11.8 Å². The van der Waals surface area contributed by atoms with Crippen LogP contribution in [-0.4, -0.2) is 37.8 Å². The first-order valence-electron chi connectivity index (χ1n) is 6.89. The summed E-state index contributed by atoms with van der Waals surface area (Å²) in [4.78, 5) is 23.5. The number of carbonyl (C=O) groups is 2. The second-order valence-corrected chi connectivity index (χ2v) is 5.88. The van der Waals surface area contributed by atoms with Crippen LogP contribution in [0.4, 0.5) is 4.39 Å². The van der Waals surface area contributed by atoms with Crippen molar-refractivity contribution in [1.82, 2.24) is 31.1 Å². The van der Waals surface area contributed by atoms with Gasteiger partial charge in [0.05, 0.1) is 11.8 Å². The quantitative estimate of drug-likeness (QED) is 0.616. The molecule has 0 bridgehead atoms. The van der Waals surface area contributed by atoms with Crippen molar-refractivity contribution in [2.45, 2.75) is 24.0 Å². The first kappa shape index (κ1) is 15.4. The first-order valence-corrected chi connectivity index (χ1v) is 7.87. The molecule has 1 aromatic heterocycles. The van der Waals surface area contributed by atoms with Crippen molar-refractivity contribution >= 4 is 23.6 Å². The van der Waals surface area contributed by atoms with Gasteiger partial charge in [-0.2, -0.15) is 0 Å². The van der Waals surface area contributed by atoms with Crippen LogP contribution in [0.3, 0.4) is 0 Å². The highest BCUT2D eigenvalue weighted by Crippen LogP contribution is 2.36. The minimum Gasteiger partial charge on any atom is -0.272 e. The lowest BCUT2D eigenvalue weighted by Crippen LogP contribution is -2.42. The highest BCUT2D eigenvalue weighted by molar-refractivity contribution is 7.99. The molecule has 10 heteroatoms. The fraction of sp³-hybridized carbons (Fsp3) is 0.308. The maximum atomic E-state index is 12.8. The molecule has 2 amide bonds. The molecule has 0 aliphatic heterocycles. The third kappa shape index (κ3) is 4.03. The molecule has 0 unspecified atom stereocenters. The molecule has 3 rings (SSSR count). The van der Waals surface area contributed by atoms with Crippen LogP contribution < -0.4 is 10.9 Å². The molecule has 2 aromatic rings. The Balaban J connectivity index is 1.45. The second-order valence-electron chi connectivity index (χ2n) is 4.94. The van der Waals surface area contributed by atoms with Crippen LogP contribution in [0.5, 0.6) is 0 Å². The van der Waals surface area contributed by atoms with E-state index in [1.54, 1.807) is 4.68 Å². The summed E-state index contributed by atoms with van der Waals surface area (Å²) in [7, 11) is 0. The number of hydrogen-bond acceptors (Lipinski definition) is 6. The predicted octanol–water partition coefficient (Wildman–Crippen LogP) is 0.700. The third-order valence-corrected chi connectivity index (χ3v) is 4.04. The normalized spacial score (nSPS) is 13.6. The van der Waals surface area contributed by atoms with Crippen LogP contribution in [-0.2, 0) is 4.79 Å². The van der Waals surface area contributed by atoms with Gasteiger partial charge in [0.15, 0.2) is 0 Å². The zero-order valence-electron chi connectivity index (χ0n) is 11.9. The number of nitrogens with one attached hydrogen (secondary N) is 2. The number of amides is 2. The van der Waals surface area contributed by atoms with Gasteiger partial charge in [-0.3, -0.25) is 20.4 Å². The van der Waals surface area contributed by atoms with Gasteiger partial charge in [-0.05, 0) is 47.5 Å². The van der Waals surface area contributed by atoms with E-state index in [0.29, 0.717) is 11.2 Å². The largest absolute Gasteiger partial charge is 0.272 e. The topological polar surface area (TPSA) is 102 Å². The van der Waals surface area contributed by atoms with Crippen LogP contribution in [0, 0.1) is 5.82 Å². The lowest BCUT2D eigenvalue weighted by Gasteiger charge is -2.07. The van der Waals surface area contributed by atoms with Crippen molar-refractivity contribution < 1.29 is 14.0 Å². The summed E-state index contributed by atoms with van der Waals surface area (Å²) in [6, 6.07) is 5.33. The summed E-state index contributed by atoms with van der Waals surface area (Å²) in [6.07, 6.45) is 2.08. The van der Waals surface area contributed by atoms with Crippen molar-refractivity contribution in [2.75, 3.05) is 5.75 Å². The van der Waals surface area contributed by atoms with Crippen LogP contribution in [0.1, 0.15) is 29.2 Å². The Morgan fingerprint density at radius 1 is 1.26 bits per heavy atom. The zero-order valence-corrected chi connectivity index (χ0v) is 12.7. The number of tetrazole rings is 1. The number of halogens is 1. The van der Waals surface area contributed by atoms with Gasteiger partial charge in [0.25, 0.3) is 5.91 Å². The molecule has 1 saturated carbocycles. The standard InChI is InChI=1S/C13H13FN6O2S/c14-9-3-1-8(2-4-9)12(22)16-15-11(21)7-23-13-17-18-19-20(13)10-5-6-10/h1-4,10H,5-7H2,(H,15,21)(H,16,22). The Kier molecular flexibility index (Phi) is 4.51. The average molecular weight is 336 g/mol. The molecule has 1 aliphatic carbocycles. The van der Waals surface area contributed by atoms with E-state index in [0.717, 1.165) is 12.8 Å². The van der Waals surface area contributed by atoms with Crippen LogP contribution in [0.15, 0.2) is 29.4 Å². The Labute approximate surface area is 134 Å². The van der Waals surface area contributed by atoms with Crippen molar-refractivity contribution in [3.05, 3.63) is 35.6 Å². The summed E-state index contributed by atoms with van der Waals surface area (Å²) in [6.45, 7) is 0. The highest BCUT2D eigenvalue weighted by Gasteiger charge is 2.28. The molecule has 0 radical (unpaired) electrons. The molecule has 2 N–H and O–H groups in total. The molecule has 23 heavy (non-hydrogen) atoms. The molecule has 0 atom stereocenters. The van der Waals surface area contributed by atoms with E-state index in [-0.39, 0.29) is 11.3 Å². The van der Waals surface area contributed by atoms with Gasteiger partial charge >= 0.3 is 0 Å². The number of rotatable bonds is 5. The summed E-state index contributed by atoms with van der Waals surface area (Å²) in [5.41, 5.74) is 4.80. The number of benzene rings is 1. The third-order valence-electron chi connectivity index (χ3n) is 3.11. The fourth-order valence-electron chi connectivity index (χ4n) is 1.79. The lowest BCUT2D eigenvalue weighted by atomic mass is 10.2. The number of carbonyl (C=O) groups excluding carboxylic acids is 2. The second kappa shape index (κ2) is 6.73. The Morgan fingerprint density at radius 2 is 2.00 bits per heavy atom. The molecule has 0 saturated heterocycles. The van der Waals surface area contributed by atoms with Crippen molar-refractivity contribution in [1.29, 1.82) is 0 Å². The van der Waals surface area contributed by atoms with Crippen LogP contribution >= 0.6 is 11.8 Å². The summed E-state index contributed by atoms with van der Waals surface area (Å²) < 4.78 is 14.5. The zero-order chi connectivity index (χ0) is 16.2. The minimum atomic E-state index is -0.522. The number of nitrogens with zero attached hydrogens (tertiary/aromatic N) is 4. The number of thioether (sulfide) groups is 1. The monoisotopic (exact) mass is 336 g/mol. The molecule has 0 spiro atoms.